The number of hydrogen-bond donors (Lipinski definition) is 1. The Bertz CT molecular complexity index is 197. The van der Waals surface area contributed by atoms with Crippen LogP contribution in [-0.4, -0.2) is 25.3 Å². The van der Waals surface area contributed by atoms with Gasteiger partial charge in [0, 0.05) is 12.6 Å². The van der Waals surface area contributed by atoms with E-state index in [4.69, 9.17) is 4.74 Å². The molecule has 0 amide bonds. The number of rotatable bonds is 8. The fourth-order valence-corrected chi connectivity index (χ4v) is 3.51. The summed E-state index contributed by atoms with van der Waals surface area (Å²) in [6, 6.07) is 0.567. The number of hydrogen-bond acceptors (Lipinski definition) is 2. The molecule has 108 valence electrons. The van der Waals surface area contributed by atoms with E-state index >= 15 is 0 Å². The molecule has 4 atom stereocenters. The summed E-state index contributed by atoms with van der Waals surface area (Å²) in [5.41, 5.74) is 0. The summed E-state index contributed by atoms with van der Waals surface area (Å²) >= 11 is 0. The highest BCUT2D eigenvalue weighted by Crippen LogP contribution is 2.33. The molecule has 1 N–H and O–H groups in total. The molecule has 0 bridgehead atoms. The molecule has 1 aliphatic carbocycles. The molecule has 0 radical (unpaired) electrons. The minimum Gasteiger partial charge on any atom is -0.377 e. The zero-order valence-corrected chi connectivity index (χ0v) is 12.9. The molecule has 0 aromatic carbocycles. The Hall–Kier alpha value is -0.0800. The first-order valence-corrected chi connectivity index (χ1v) is 8.07. The van der Waals surface area contributed by atoms with Crippen LogP contribution in [0.25, 0.3) is 0 Å². The molecule has 0 spiro atoms. The molecular weight excluding hydrogens is 222 g/mol. The van der Waals surface area contributed by atoms with Crippen molar-refractivity contribution in [3.8, 4) is 0 Å². The molecule has 0 aromatic heterocycles. The van der Waals surface area contributed by atoms with Crippen molar-refractivity contribution in [1.29, 1.82) is 0 Å². The Labute approximate surface area is 114 Å². The molecular formula is C16H33NO. The summed E-state index contributed by atoms with van der Waals surface area (Å²) < 4.78 is 6.02. The first-order chi connectivity index (χ1) is 8.72. The molecule has 1 saturated carbocycles. The summed E-state index contributed by atoms with van der Waals surface area (Å²) in [7, 11) is 0. The summed E-state index contributed by atoms with van der Waals surface area (Å²) in [4.78, 5) is 0. The third-order valence-electron chi connectivity index (χ3n) is 4.28. The van der Waals surface area contributed by atoms with Gasteiger partial charge in [-0.1, -0.05) is 40.0 Å². The van der Waals surface area contributed by atoms with Crippen molar-refractivity contribution in [2.45, 2.75) is 78.4 Å². The topological polar surface area (TPSA) is 21.3 Å². The molecule has 4 unspecified atom stereocenters. The van der Waals surface area contributed by atoms with Crippen molar-refractivity contribution in [2.75, 3.05) is 13.2 Å². The van der Waals surface area contributed by atoms with Gasteiger partial charge in [0.25, 0.3) is 0 Å². The predicted molar refractivity (Wildman–Crippen MR) is 78.9 cm³/mol. The lowest BCUT2D eigenvalue weighted by molar-refractivity contribution is 0.00318. The Morgan fingerprint density at radius 2 is 2.00 bits per heavy atom. The van der Waals surface area contributed by atoms with Crippen LogP contribution in [0.1, 0.15) is 66.2 Å². The van der Waals surface area contributed by atoms with E-state index in [-0.39, 0.29) is 0 Å². The first-order valence-electron chi connectivity index (χ1n) is 8.07. The van der Waals surface area contributed by atoms with Gasteiger partial charge in [0.2, 0.25) is 0 Å². The molecule has 0 aliphatic heterocycles. The van der Waals surface area contributed by atoms with Gasteiger partial charge in [-0.15, -0.1) is 0 Å². The van der Waals surface area contributed by atoms with E-state index in [1.165, 1.54) is 38.5 Å². The van der Waals surface area contributed by atoms with E-state index in [1.54, 1.807) is 0 Å². The zero-order chi connectivity index (χ0) is 13.4. The highest BCUT2D eigenvalue weighted by molar-refractivity contribution is 4.87. The smallest absolute Gasteiger partial charge is 0.0730 e. The van der Waals surface area contributed by atoms with Gasteiger partial charge >= 0.3 is 0 Å². The van der Waals surface area contributed by atoms with Crippen molar-refractivity contribution in [2.24, 2.45) is 11.8 Å². The lowest BCUT2D eigenvalue weighted by Crippen LogP contribution is -2.48. The third kappa shape index (κ3) is 4.89. The molecule has 2 heteroatoms. The first kappa shape index (κ1) is 16.0. The van der Waals surface area contributed by atoms with E-state index in [2.05, 4.69) is 33.0 Å². The van der Waals surface area contributed by atoms with Crippen LogP contribution in [0.5, 0.6) is 0 Å². The second-order valence-electron chi connectivity index (χ2n) is 5.90. The van der Waals surface area contributed by atoms with Gasteiger partial charge in [-0.3, -0.25) is 0 Å². The fraction of sp³-hybridized carbons (Fsp3) is 1.00. The van der Waals surface area contributed by atoms with Crippen LogP contribution in [0.4, 0.5) is 0 Å². The van der Waals surface area contributed by atoms with Crippen molar-refractivity contribution >= 4 is 0 Å². The van der Waals surface area contributed by atoms with E-state index in [0.717, 1.165) is 25.0 Å². The van der Waals surface area contributed by atoms with Gasteiger partial charge in [-0.25, -0.2) is 0 Å². The molecule has 1 rings (SSSR count). The van der Waals surface area contributed by atoms with Crippen LogP contribution in [0.3, 0.4) is 0 Å². The Morgan fingerprint density at radius 1 is 1.22 bits per heavy atom. The predicted octanol–water partition coefficient (Wildman–Crippen LogP) is 4.00. The quantitative estimate of drug-likeness (QED) is 0.708. The van der Waals surface area contributed by atoms with E-state index < -0.39 is 0 Å². The van der Waals surface area contributed by atoms with E-state index in [0.29, 0.717) is 12.1 Å². The zero-order valence-electron chi connectivity index (χ0n) is 12.9. The van der Waals surface area contributed by atoms with Crippen molar-refractivity contribution in [3.63, 3.8) is 0 Å². The number of nitrogens with one attached hydrogen (secondary N) is 1. The standard InChI is InChI=1S/C16H33NO/c1-5-9-15(18-7-3)16(17-6-2)14-11-8-10-13(4)12-14/h13-17H,5-12H2,1-4H3. The lowest BCUT2D eigenvalue weighted by Gasteiger charge is -2.38. The summed E-state index contributed by atoms with van der Waals surface area (Å²) in [6.45, 7) is 10.9. The van der Waals surface area contributed by atoms with Gasteiger partial charge in [-0.05, 0) is 44.6 Å². The monoisotopic (exact) mass is 255 g/mol. The van der Waals surface area contributed by atoms with Crippen molar-refractivity contribution < 1.29 is 4.74 Å². The van der Waals surface area contributed by atoms with Gasteiger partial charge in [0.1, 0.15) is 0 Å². The van der Waals surface area contributed by atoms with Crippen LogP contribution >= 0.6 is 0 Å². The minimum atomic E-state index is 0.412. The fourth-order valence-electron chi connectivity index (χ4n) is 3.51. The second kappa shape index (κ2) is 8.92. The van der Waals surface area contributed by atoms with E-state index in [9.17, 15) is 0 Å². The molecule has 1 aliphatic rings. The molecule has 0 aromatic rings. The van der Waals surface area contributed by atoms with E-state index in [1.807, 2.05) is 0 Å². The summed E-state index contributed by atoms with van der Waals surface area (Å²) in [5.74, 6) is 1.71. The Morgan fingerprint density at radius 3 is 2.56 bits per heavy atom. The second-order valence-corrected chi connectivity index (χ2v) is 5.90. The van der Waals surface area contributed by atoms with Crippen LogP contribution < -0.4 is 5.32 Å². The Balaban J connectivity index is 2.64. The SMILES string of the molecule is CCCC(OCC)C(NCC)C1CCCC(C)C1. The van der Waals surface area contributed by atoms with Crippen LogP contribution in [0.2, 0.25) is 0 Å². The minimum absolute atomic E-state index is 0.412. The van der Waals surface area contributed by atoms with Gasteiger partial charge in [0.15, 0.2) is 0 Å². The Kier molecular flexibility index (Phi) is 7.92. The van der Waals surface area contributed by atoms with Gasteiger partial charge in [-0.2, -0.15) is 0 Å². The van der Waals surface area contributed by atoms with Gasteiger partial charge in [0.05, 0.1) is 6.10 Å². The van der Waals surface area contributed by atoms with Crippen LogP contribution in [-0.2, 0) is 4.74 Å². The van der Waals surface area contributed by atoms with Crippen LogP contribution in [0.15, 0.2) is 0 Å². The van der Waals surface area contributed by atoms with Gasteiger partial charge < -0.3 is 10.1 Å². The maximum absolute atomic E-state index is 6.02. The van der Waals surface area contributed by atoms with Crippen LogP contribution in [0, 0.1) is 11.8 Å². The maximum Gasteiger partial charge on any atom is 0.0730 e. The normalized spacial score (nSPS) is 28.0. The molecule has 0 heterocycles. The highest BCUT2D eigenvalue weighted by Gasteiger charge is 2.31. The number of likely N-dealkylation sites (N-methyl/N-ethyl adjacent to an activating group) is 1. The summed E-state index contributed by atoms with van der Waals surface area (Å²) in [6.07, 6.45) is 8.40. The summed E-state index contributed by atoms with van der Waals surface area (Å²) in [5, 5.41) is 3.72. The average Bonchev–Trinajstić information content (AvgIpc) is 2.36. The largest absolute Gasteiger partial charge is 0.377 e. The highest BCUT2D eigenvalue weighted by atomic mass is 16.5. The number of ether oxygens (including phenoxy) is 1. The molecule has 2 nitrogen and oxygen atoms in total. The molecule has 1 fully saturated rings. The van der Waals surface area contributed by atoms with Crippen molar-refractivity contribution in [3.05, 3.63) is 0 Å². The molecule has 0 saturated heterocycles. The lowest BCUT2D eigenvalue weighted by atomic mass is 9.76. The average molecular weight is 255 g/mol. The van der Waals surface area contributed by atoms with Crippen molar-refractivity contribution in [1.82, 2.24) is 5.32 Å². The molecule has 18 heavy (non-hydrogen) atoms. The third-order valence-corrected chi connectivity index (χ3v) is 4.28. The maximum atomic E-state index is 6.02.